The van der Waals surface area contributed by atoms with Crippen molar-refractivity contribution in [2.24, 2.45) is 5.14 Å². The molecule has 0 bridgehead atoms. The van der Waals surface area contributed by atoms with Crippen LogP contribution in [0.3, 0.4) is 0 Å². The molecule has 0 aliphatic carbocycles. The summed E-state index contributed by atoms with van der Waals surface area (Å²) in [6, 6.07) is 12.0. The first-order chi connectivity index (χ1) is 16.2. The average Bonchev–Trinajstić information content (AvgIpc) is 3.18. The summed E-state index contributed by atoms with van der Waals surface area (Å²) < 4.78 is 103. The molecule has 5 nitrogen and oxygen atoms in total. The molecular formula is C23H15F6N3O2S. The van der Waals surface area contributed by atoms with Crippen LogP contribution in [0.5, 0.6) is 0 Å². The van der Waals surface area contributed by atoms with Gasteiger partial charge in [-0.05, 0) is 53.6 Å². The number of hydrogen-bond acceptors (Lipinski definition) is 3. The molecule has 0 atom stereocenters. The van der Waals surface area contributed by atoms with E-state index in [-0.39, 0.29) is 10.7 Å². The van der Waals surface area contributed by atoms with Gasteiger partial charge >= 0.3 is 12.4 Å². The van der Waals surface area contributed by atoms with E-state index < -0.39 is 39.1 Å². The Kier molecular flexibility index (Phi) is 5.97. The van der Waals surface area contributed by atoms with E-state index in [2.05, 4.69) is 9.97 Å². The van der Waals surface area contributed by atoms with Gasteiger partial charge in [0.2, 0.25) is 10.0 Å². The van der Waals surface area contributed by atoms with Crippen molar-refractivity contribution in [2.45, 2.75) is 17.2 Å². The van der Waals surface area contributed by atoms with Gasteiger partial charge in [0.15, 0.2) is 0 Å². The highest BCUT2D eigenvalue weighted by Crippen LogP contribution is 2.37. The minimum absolute atomic E-state index is 0.0856. The molecule has 0 saturated heterocycles. The summed E-state index contributed by atoms with van der Waals surface area (Å²) in [6.45, 7) is 0. The number of aromatic amines is 1. The van der Waals surface area contributed by atoms with Gasteiger partial charge in [0.1, 0.15) is 5.82 Å². The number of nitrogens with two attached hydrogens (primary N) is 1. The van der Waals surface area contributed by atoms with E-state index in [1.54, 1.807) is 30.3 Å². The van der Waals surface area contributed by atoms with E-state index in [0.717, 1.165) is 12.2 Å². The normalized spacial score (nSPS) is 13.1. The lowest BCUT2D eigenvalue weighted by molar-refractivity contribution is -0.141. The Morgan fingerprint density at radius 1 is 0.857 bits per heavy atom. The highest BCUT2D eigenvalue weighted by atomic mass is 32.2. The maximum atomic E-state index is 13.3. The third-order valence-electron chi connectivity index (χ3n) is 5.11. The largest absolute Gasteiger partial charge is 0.416 e. The van der Waals surface area contributed by atoms with Crippen LogP contribution in [0.2, 0.25) is 0 Å². The van der Waals surface area contributed by atoms with Crippen LogP contribution in [-0.2, 0) is 22.4 Å². The number of aromatic nitrogens is 2. The molecular weight excluding hydrogens is 496 g/mol. The lowest BCUT2D eigenvalue weighted by Crippen LogP contribution is -2.13. The fourth-order valence-electron chi connectivity index (χ4n) is 3.53. The number of rotatable bonds is 4. The van der Waals surface area contributed by atoms with Crippen LogP contribution < -0.4 is 5.14 Å². The van der Waals surface area contributed by atoms with Crippen molar-refractivity contribution in [3.05, 3.63) is 83.2 Å². The summed E-state index contributed by atoms with van der Waals surface area (Å²) in [7, 11) is -4.01. The molecule has 12 heteroatoms. The Labute approximate surface area is 195 Å². The molecule has 0 saturated carbocycles. The third-order valence-corrected chi connectivity index (χ3v) is 6.08. The summed E-state index contributed by atoms with van der Waals surface area (Å²) in [4.78, 5) is 6.97. The smallest absolute Gasteiger partial charge is 0.338 e. The van der Waals surface area contributed by atoms with Crippen LogP contribution in [-0.4, -0.2) is 18.4 Å². The van der Waals surface area contributed by atoms with Crippen molar-refractivity contribution >= 4 is 33.2 Å². The molecule has 0 aliphatic heterocycles. The van der Waals surface area contributed by atoms with E-state index in [4.69, 9.17) is 5.14 Å². The van der Waals surface area contributed by atoms with Crippen molar-refractivity contribution in [3.63, 3.8) is 0 Å². The highest BCUT2D eigenvalue weighted by Gasteiger charge is 2.36. The first kappa shape index (κ1) is 24.5. The van der Waals surface area contributed by atoms with Gasteiger partial charge in [0.25, 0.3) is 0 Å². The fourth-order valence-corrected chi connectivity index (χ4v) is 4.29. The summed E-state index contributed by atoms with van der Waals surface area (Å²) in [6.07, 6.45) is -7.64. The van der Waals surface area contributed by atoms with Gasteiger partial charge in [-0.25, -0.2) is 18.5 Å². The van der Waals surface area contributed by atoms with Crippen LogP contribution in [0.25, 0.3) is 34.3 Å². The Bertz CT molecular complexity index is 1550. The fraction of sp³-hybridized carbons (Fsp3) is 0.0870. The van der Waals surface area contributed by atoms with Crippen LogP contribution >= 0.6 is 0 Å². The van der Waals surface area contributed by atoms with Gasteiger partial charge < -0.3 is 4.98 Å². The van der Waals surface area contributed by atoms with Gasteiger partial charge in [0, 0.05) is 5.56 Å². The zero-order chi connectivity index (χ0) is 25.6. The van der Waals surface area contributed by atoms with Crippen LogP contribution in [0.4, 0.5) is 26.3 Å². The Morgan fingerprint density at radius 3 is 2.23 bits per heavy atom. The molecule has 0 fully saturated rings. The minimum atomic E-state index is -4.86. The van der Waals surface area contributed by atoms with E-state index >= 15 is 0 Å². The van der Waals surface area contributed by atoms with Crippen LogP contribution in [0, 0.1) is 0 Å². The average molecular weight is 511 g/mol. The first-order valence-electron chi connectivity index (χ1n) is 9.82. The molecule has 4 rings (SSSR count). The topological polar surface area (TPSA) is 88.8 Å². The van der Waals surface area contributed by atoms with Gasteiger partial charge in [0.05, 0.1) is 27.1 Å². The standard InChI is InChI=1S/C23H15F6N3O2S/c24-22(25,26)15-7-8-17(23(27,28)29)14(11-15)6-10-21-31-18-9-5-13(12-19(18)32-21)16-3-1-2-4-20(16)35(30,33)34/h1-12H,(H,31,32)(H2,30,33,34). The van der Waals surface area contributed by atoms with Gasteiger partial charge in [-0.1, -0.05) is 30.3 Å². The molecule has 1 heterocycles. The summed E-state index contributed by atoms with van der Waals surface area (Å²) >= 11 is 0. The van der Waals surface area contributed by atoms with Gasteiger partial charge in [-0.3, -0.25) is 0 Å². The van der Waals surface area contributed by atoms with E-state index in [1.165, 1.54) is 12.1 Å². The number of primary sulfonamides is 1. The number of sulfonamides is 1. The van der Waals surface area contributed by atoms with Gasteiger partial charge in [-0.15, -0.1) is 0 Å². The van der Waals surface area contributed by atoms with Crippen LogP contribution in [0.15, 0.2) is 65.6 Å². The lowest BCUT2D eigenvalue weighted by atomic mass is 10.0. The summed E-state index contributed by atoms with van der Waals surface area (Å²) in [5.41, 5.74) is -1.46. The first-order valence-corrected chi connectivity index (χ1v) is 11.4. The highest BCUT2D eigenvalue weighted by molar-refractivity contribution is 7.89. The molecule has 3 N–H and O–H groups in total. The lowest BCUT2D eigenvalue weighted by Gasteiger charge is -2.13. The maximum Gasteiger partial charge on any atom is 0.416 e. The van der Waals surface area contributed by atoms with E-state index in [9.17, 15) is 34.8 Å². The quantitative estimate of drug-likeness (QED) is 0.325. The molecule has 0 radical (unpaired) electrons. The number of nitrogens with one attached hydrogen (secondary N) is 1. The predicted octanol–water partition coefficient (Wildman–Crippen LogP) is 6.09. The molecule has 35 heavy (non-hydrogen) atoms. The number of benzene rings is 3. The Morgan fingerprint density at radius 2 is 1.57 bits per heavy atom. The third kappa shape index (κ3) is 5.23. The molecule has 0 amide bonds. The second-order valence-electron chi connectivity index (χ2n) is 7.53. The van der Waals surface area contributed by atoms with Crippen molar-refractivity contribution in [3.8, 4) is 11.1 Å². The number of alkyl halides is 6. The summed E-state index contributed by atoms with van der Waals surface area (Å²) in [5, 5.41) is 5.28. The zero-order valence-corrected chi connectivity index (χ0v) is 18.3. The van der Waals surface area contributed by atoms with Crippen molar-refractivity contribution < 1.29 is 34.8 Å². The second-order valence-corrected chi connectivity index (χ2v) is 9.06. The number of hydrogen-bond donors (Lipinski definition) is 2. The number of nitrogens with zero attached hydrogens (tertiary/aromatic N) is 1. The van der Waals surface area contributed by atoms with Crippen molar-refractivity contribution in [1.82, 2.24) is 9.97 Å². The van der Waals surface area contributed by atoms with Crippen molar-refractivity contribution in [1.29, 1.82) is 0 Å². The SMILES string of the molecule is NS(=O)(=O)c1ccccc1-c1ccc2nc(C=Cc3cc(C(F)(F)F)ccc3C(F)(F)F)[nH]c2c1. The predicted molar refractivity (Wildman–Crippen MR) is 118 cm³/mol. The molecule has 182 valence electrons. The monoisotopic (exact) mass is 511 g/mol. The molecule has 0 aliphatic rings. The number of imidazole rings is 1. The van der Waals surface area contributed by atoms with Crippen LogP contribution in [0.1, 0.15) is 22.5 Å². The molecule has 1 aromatic heterocycles. The Balaban J connectivity index is 1.74. The number of H-pyrrole nitrogens is 1. The molecule has 3 aromatic carbocycles. The number of halogens is 6. The summed E-state index contributed by atoms with van der Waals surface area (Å²) in [5.74, 6) is 0.0856. The van der Waals surface area contributed by atoms with E-state index in [0.29, 0.717) is 40.4 Å². The van der Waals surface area contributed by atoms with E-state index in [1.807, 2.05) is 0 Å². The zero-order valence-electron chi connectivity index (χ0n) is 17.4. The maximum absolute atomic E-state index is 13.3. The molecule has 0 spiro atoms. The Hall–Kier alpha value is -3.64. The number of fused-ring (bicyclic) bond motifs is 1. The van der Waals surface area contributed by atoms with Gasteiger partial charge in [-0.2, -0.15) is 26.3 Å². The second kappa shape index (κ2) is 8.54. The molecule has 4 aromatic rings. The molecule has 0 unspecified atom stereocenters. The minimum Gasteiger partial charge on any atom is -0.338 e. The van der Waals surface area contributed by atoms with Crippen molar-refractivity contribution in [2.75, 3.05) is 0 Å².